The first kappa shape index (κ1) is 20.6. The minimum atomic E-state index is -0.165. The number of rotatable bonds is 7. The van der Waals surface area contributed by atoms with Crippen molar-refractivity contribution in [3.63, 3.8) is 0 Å². The van der Waals surface area contributed by atoms with E-state index >= 15 is 0 Å². The second-order valence-corrected chi connectivity index (χ2v) is 8.11. The summed E-state index contributed by atoms with van der Waals surface area (Å²) >= 11 is 1.62. The molecule has 0 aliphatic heterocycles. The van der Waals surface area contributed by atoms with Gasteiger partial charge in [-0.05, 0) is 41.3 Å². The highest BCUT2D eigenvalue weighted by molar-refractivity contribution is 7.13. The van der Waals surface area contributed by atoms with Crippen molar-refractivity contribution in [1.82, 2.24) is 20.1 Å². The summed E-state index contributed by atoms with van der Waals surface area (Å²) in [4.78, 5) is 19.8. The first-order valence-electron chi connectivity index (χ1n) is 9.87. The Morgan fingerprint density at radius 3 is 2.65 bits per heavy atom. The summed E-state index contributed by atoms with van der Waals surface area (Å²) in [6.07, 6.45) is 7.07. The van der Waals surface area contributed by atoms with E-state index in [1.165, 1.54) is 0 Å². The maximum absolute atomic E-state index is 12.4. The van der Waals surface area contributed by atoms with Crippen molar-refractivity contribution in [3.05, 3.63) is 89.6 Å². The van der Waals surface area contributed by atoms with E-state index in [1.807, 2.05) is 95.9 Å². The van der Waals surface area contributed by atoms with Crippen LogP contribution in [0.1, 0.15) is 11.1 Å². The Morgan fingerprint density at radius 2 is 1.97 bits per heavy atom. The monoisotopic (exact) mass is 429 g/mol. The molecule has 0 bridgehead atoms. The largest absolute Gasteiger partial charge is 0.363 e. The third-order valence-corrected chi connectivity index (χ3v) is 5.54. The van der Waals surface area contributed by atoms with Crippen LogP contribution >= 0.6 is 11.3 Å². The first-order valence-corrected chi connectivity index (χ1v) is 10.8. The molecule has 3 aromatic heterocycles. The van der Waals surface area contributed by atoms with Crippen molar-refractivity contribution in [2.24, 2.45) is 0 Å². The summed E-state index contributed by atoms with van der Waals surface area (Å²) in [5.41, 5.74) is 3.66. The molecular formula is C24H23N5OS. The number of anilines is 1. The Balaban J connectivity index is 1.48. The zero-order valence-corrected chi connectivity index (χ0v) is 18.2. The number of nitrogens with zero attached hydrogens (tertiary/aromatic N) is 4. The smallest absolute Gasteiger partial charge is 0.244 e. The van der Waals surface area contributed by atoms with Gasteiger partial charge in [-0.2, -0.15) is 5.10 Å². The molecule has 0 aliphatic rings. The highest BCUT2D eigenvalue weighted by Gasteiger charge is 2.11. The van der Waals surface area contributed by atoms with Crippen LogP contribution in [0.5, 0.6) is 0 Å². The molecule has 0 saturated carbocycles. The number of thiophene rings is 1. The van der Waals surface area contributed by atoms with E-state index in [4.69, 9.17) is 5.10 Å². The summed E-state index contributed by atoms with van der Waals surface area (Å²) in [6, 6.07) is 17.9. The number of carbonyl (C=O) groups excluding carboxylic acids is 1. The topological polar surface area (TPSA) is 63.1 Å². The number of amides is 1. The van der Waals surface area contributed by atoms with E-state index in [-0.39, 0.29) is 5.91 Å². The van der Waals surface area contributed by atoms with Gasteiger partial charge in [-0.15, -0.1) is 11.3 Å². The second-order valence-electron chi connectivity index (χ2n) is 7.16. The van der Waals surface area contributed by atoms with Crippen molar-refractivity contribution in [3.8, 4) is 16.3 Å². The molecular weight excluding hydrogens is 406 g/mol. The molecule has 4 rings (SSSR count). The van der Waals surface area contributed by atoms with Crippen LogP contribution in [-0.2, 0) is 11.3 Å². The Kier molecular flexibility index (Phi) is 6.24. The SMILES string of the molecule is CN(C)c1ccc(CNC(=O)/C=C/c2cn(-c3ccccc3)nc2-c2cccs2)cn1. The Labute approximate surface area is 185 Å². The molecule has 0 spiro atoms. The average molecular weight is 430 g/mol. The molecule has 0 saturated heterocycles. The molecule has 3 heterocycles. The molecule has 1 amide bonds. The van der Waals surface area contributed by atoms with E-state index in [1.54, 1.807) is 23.6 Å². The number of carbonyl (C=O) groups is 1. The minimum absolute atomic E-state index is 0.165. The molecule has 1 aromatic carbocycles. The van der Waals surface area contributed by atoms with E-state index in [0.717, 1.165) is 33.2 Å². The number of hydrogen-bond acceptors (Lipinski definition) is 5. The van der Waals surface area contributed by atoms with Crippen molar-refractivity contribution in [1.29, 1.82) is 0 Å². The van der Waals surface area contributed by atoms with Gasteiger partial charge in [0.05, 0.1) is 10.6 Å². The van der Waals surface area contributed by atoms with Gasteiger partial charge in [0.25, 0.3) is 0 Å². The minimum Gasteiger partial charge on any atom is -0.363 e. The van der Waals surface area contributed by atoms with Crippen LogP contribution in [0.15, 0.2) is 78.4 Å². The lowest BCUT2D eigenvalue weighted by atomic mass is 10.2. The number of benzene rings is 1. The number of para-hydroxylation sites is 1. The molecule has 0 aliphatic carbocycles. The van der Waals surface area contributed by atoms with Crippen LogP contribution in [0.2, 0.25) is 0 Å². The van der Waals surface area contributed by atoms with Gasteiger partial charge in [-0.1, -0.05) is 30.3 Å². The van der Waals surface area contributed by atoms with Crippen LogP contribution in [0.4, 0.5) is 5.82 Å². The Hall–Kier alpha value is -3.71. The number of nitrogens with one attached hydrogen (secondary N) is 1. The molecule has 4 aromatic rings. The number of pyridine rings is 1. The van der Waals surface area contributed by atoms with Gasteiger partial charge in [0.1, 0.15) is 11.5 Å². The van der Waals surface area contributed by atoms with Crippen LogP contribution in [0.3, 0.4) is 0 Å². The molecule has 156 valence electrons. The van der Waals surface area contributed by atoms with E-state index in [0.29, 0.717) is 6.54 Å². The molecule has 6 nitrogen and oxygen atoms in total. The van der Waals surface area contributed by atoms with Crippen molar-refractivity contribution in [2.75, 3.05) is 19.0 Å². The lowest BCUT2D eigenvalue weighted by Crippen LogP contribution is -2.20. The van der Waals surface area contributed by atoms with Crippen LogP contribution < -0.4 is 10.2 Å². The van der Waals surface area contributed by atoms with Gasteiger partial charge in [0, 0.05) is 44.7 Å². The molecule has 0 radical (unpaired) electrons. The predicted octanol–water partition coefficient (Wildman–Crippen LogP) is 4.39. The first-order chi connectivity index (χ1) is 15.1. The van der Waals surface area contributed by atoms with Crippen molar-refractivity contribution < 1.29 is 4.79 Å². The molecule has 1 N–H and O–H groups in total. The fourth-order valence-electron chi connectivity index (χ4n) is 3.03. The van der Waals surface area contributed by atoms with Crippen molar-refractivity contribution >= 4 is 29.1 Å². The van der Waals surface area contributed by atoms with Crippen LogP contribution in [0, 0.1) is 0 Å². The van der Waals surface area contributed by atoms with Gasteiger partial charge in [-0.3, -0.25) is 4.79 Å². The highest BCUT2D eigenvalue weighted by Crippen LogP contribution is 2.28. The molecule has 31 heavy (non-hydrogen) atoms. The van der Waals surface area contributed by atoms with Crippen LogP contribution in [-0.4, -0.2) is 34.8 Å². The summed E-state index contributed by atoms with van der Waals surface area (Å²) in [5.74, 6) is 0.716. The predicted molar refractivity (Wildman–Crippen MR) is 126 cm³/mol. The zero-order chi connectivity index (χ0) is 21.6. The van der Waals surface area contributed by atoms with Crippen molar-refractivity contribution in [2.45, 2.75) is 6.54 Å². The fourth-order valence-corrected chi connectivity index (χ4v) is 3.76. The lowest BCUT2D eigenvalue weighted by Gasteiger charge is -2.11. The van der Waals surface area contributed by atoms with Gasteiger partial charge in [0.15, 0.2) is 0 Å². The lowest BCUT2D eigenvalue weighted by molar-refractivity contribution is -0.116. The molecule has 0 unspecified atom stereocenters. The summed E-state index contributed by atoms with van der Waals surface area (Å²) < 4.78 is 1.84. The van der Waals surface area contributed by atoms with E-state index in [9.17, 15) is 4.79 Å². The highest BCUT2D eigenvalue weighted by atomic mass is 32.1. The van der Waals surface area contributed by atoms with Gasteiger partial charge in [-0.25, -0.2) is 9.67 Å². The van der Waals surface area contributed by atoms with Gasteiger partial charge >= 0.3 is 0 Å². The fraction of sp³-hybridized carbons (Fsp3) is 0.125. The molecule has 0 fully saturated rings. The normalized spacial score (nSPS) is 11.0. The van der Waals surface area contributed by atoms with E-state index in [2.05, 4.69) is 10.3 Å². The molecule has 7 heteroatoms. The Bertz CT molecular complexity index is 1160. The quantitative estimate of drug-likeness (QED) is 0.443. The van der Waals surface area contributed by atoms with Gasteiger partial charge < -0.3 is 10.2 Å². The van der Waals surface area contributed by atoms with E-state index < -0.39 is 0 Å². The standard InChI is InChI=1S/C24H23N5OS/c1-28(2)22-12-10-18(15-25-22)16-26-23(30)13-11-19-17-29(20-7-4-3-5-8-20)27-24(19)21-9-6-14-31-21/h3-15,17H,16H2,1-2H3,(H,26,30)/b13-11+. The number of aromatic nitrogens is 3. The van der Waals surface area contributed by atoms with Gasteiger partial charge in [0.2, 0.25) is 5.91 Å². The Morgan fingerprint density at radius 1 is 1.13 bits per heavy atom. The second kappa shape index (κ2) is 9.40. The zero-order valence-electron chi connectivity index (χ0n) is 17.4. The number of hydrogen-bond donors (Lipinski definition) is 1. The van der Waals surface area contributed by atoms with Crippen LogP contribution in [0.25, 0.3) is 22.3 Å². The maximum atomic E-state index is 12.4. The maximum Gasteiger partial charge on any atom is 0.244 e. The molecule has 0 atom stereocenters. The summed E-state index contributed by atoms with van der Waals surface area (Å²) in [7, 11) is 3.89. The summed E-state index contributed by atoms with van der Waals surface area (Å²) in [6.45, 7) is 0.422. The summed E-state index contributed by atoms with van der Waals surface area (Å²) in [5, 5.41) is 9.68. The third kappa shape index (κ3) is 5.07. The average Bonchev–Trinajstić information content (AvgIpc) is 3.47. The third-order valence-electron chi connectivity index (χ3n) is 4.67.